The van der Waals surface area contributed by atoms with Gasteiger partial charge in [0, 0.05) is 77.0 Å². The van der Waals surface area contributed by atoms with E-state index in [4.69, 9.17) is 8.83 Å². The second-order valence-electron chi connectivity index (χ2n) is 17.8. The summed E-state index contributed by atoms with van der Waals surface area (Å²) in [7, 11) is 0. The number of anilines is 6. The minimum Gasteiger partial charge on any atom is -0.455 e. The summed E-state index contributed by atoms with van der Waals surface area (Å²) >= 11 is 0. The van der Waals surface area contributed by atoms with Crippen molar-refractivity contribution in [2.45, 2.75) is 13.8 Å². The van der Waals surface area contributed by atoms with Gasteiger partial charge in [0.2, 0.25) is 0 Å². The number of nitrogens with zero attached hydrogens (tertiary/aromatic N) is 2. The number of hydrogen-bond acceptors (Lipinski definition) is 4. The Morgan fingerprint density at radius 2 is 0.618 bits per heavy atom. The van der Waals surface area contributed by atoms with Gasteiger partial charge < -0.3 is 18.6 Å². The first-order valence-electron chi connectivity index (χ1n) is 23.2. The molecule has 0 N–H and O–H groups in total. The number of para-hydroxylation sites is 4. The lowest BCUT2D eigenvalue weighted by Crippen LogP contribution is -2.14. The third-order valence-corrected chi connectivity index (χ3v) is 13.5. The van der Waals surface area contributed by atoms with Gasteiger partial charge in [0.15, 0.2) is 0 Å². The summed E-state index contributed by atoms with van der Waals surface area (Å²) in [6, 6.07) is 82.8. The molecule has 0 aliphatic rings. The van der Waals surface area contributed by atoms with E-state index in [0.29, 0.717) is 0 Å². The molecule has 68 heavy (non-hydrogen) atoms. The van der Waals surface area contributed by atoms with Gasteiger partial charge in [0.1, 0.15) is 22.3 Å². The van der Waals surface area contributed by atoms with Crippen LogP contribution in [0, 0.1) is 13.8 Å². The van der Waals surface area contributed by atoms with Crippen LogP contribution >= 0.6 is 0 Å². The van der Waals surface area contributed by atoms with Crippen LogP contribution in [0.4, 0.5) is 34.1 Å². The second-order valence-corrected chi connectivity index (χ2v) is 17.8. The maximum Gasteiger partial charge on any atom is 0.143 e. The Kier molecular flexibility index (Phi) is 9.26. The van der Waals surface area contributed by atoms with Crippen molar-refractivity contribution in [2.24, 2.45) is 0 Å². The summed E-state index contributed by atoms with van der Waals surface area (Å²) in [5.41, 5.74) is 16.9. The molecule has 0 unspecified atom stereocenters. The minimum atomic E-state index is 0.897. The van der Waals surface area contributed by atoms with Gasteiger partial charge in [-0.15, -0.1) is 0 Å². The van der Waals surface area contributed by atoms with Crippen LogP contribution in [0.5, 0.6) is 0 Å². The molecular formula is C64H44N2O2. The van der Waals surface area contributed by atoms with E-state index >= 15 is 0 Å². The zero-order valence-corrected chi connectivity index (χ0v) is 37.7. The van der Waals surface area contributed by atoms with E-state index in [-0.39, 0.29) is 0 Å². The quantitative estimate of drug-likeness (QED) is 0.112. The molecule has 0 atom stereocenters. The van der Waals surface area contributed by atoms with E-state index < -0.39 is 0 Å². The summed E-state index contributed by atoms with van der Waals surface area (Å²) in [6.45, 7) is 4.33. The van der Waals surface area contributed by atoms with E-state index in [1.165, 1.54) is 11.1 Å². The Morgan fingerprint density at radius 1 is 0.279 bits per heavy atom. The van der Waals surface area contributed by atoms with Gasteiger partial charge in [0.25, 0.3) is 0 Å². The molecule has 2 heterocycles. The van der Waals surface area contributed by atoms with Crippen molar-refractivity contribution in [3.63, 3.8) is 0 Å². The zero-order chi connectivity index (χ0) is 45.3. The number of furan rings is 2. The smallest absolute Gasteiger partial charge is 0.143 e. The van der Waals surface area contributed by atoms with Gasteiger partial charge in [-0.05, 0) is 96.8 Å². The summed E-state index contributed by atoms with van der Waals surface area (Å²) in [5, 5.41) is 9.07. The molecule has 0 bridgehead atoms. The third-order valence-electron chi connectivity index (χ3n) is 13.5. The van der Waals surface area contributed by atoms with Gasteiger partial charge in [0.05, 0.1) is 11.4 Å². The number of rotatable bonds is 8. The van der Waals surface area contributed by atoms with Gasteiger partial charge in [-0.3, -0.25) is 0 Å². The normalized spacial score (nSPS) is 11.7. The molecule has 322 valence electrons. The van der Waals surface area contributed by atoms with Crippen molar-refractivity contribution >= 4 is 99.5 Å². The second kappa shape index (κ2) is 15.9. The standard InChI is InChI=1S/C64H44N2O2/c1-41-15-11-17-47(39-41)65(45-35-31-43(32-36-45)49-25-13-27-57-51-19-7-9-29-59(51)67-63(49)57)61-53-21-3-5-23-55(53)62(56-24-6-4-22-54(56)61)66(48-18-12-16-42(2)40-48)46-37-33-44(34-38-46)50-26-14-28-58-52-20-8-10-30-60(52)68-64(50)58/h3-40H,1-2H3. The lowest BCUT2D eigenvalue weighted by Gasteiger charge is -2.33. The molecule has 4 heteroatoms. The summed E-state index contributed by atoms with van der Waals surface area (Å²) in [6.07, 6.45) is 0. The first kappa shape index (κ1) is 39.5. The Morgan fingerprint density at radius 3 is 1.00 bits per heavy atom. The Balaban J connectivity index is 1.00. The molecule has 0 saturated carbocycles. The van der Waals surface area contributed by atoms with Crippen LogP contribution in [0.1, 0.15) is 11.1 Å². The zero-order valence-electron chi connectivity index (χ0n) is 37.7. The first-order valence-corrected chi connectivity index (χ1v) is 23.2. The van der Waals surface area contributed by atoms with Crippen LogP contribution in [0.15, 0.2) is 239 Å². The number of hydrogen-bond donors (Lipinski definition) is 0. The van der Waals surface area contributed by atoms with E-state index in [1.54, 1.807) is 0 Å². The minimum absolute atomic E-state index is 0.897. The average molecular weight is 873 g/mol. The average Bonchev–Trinajstić information content (AvgIpc) is 3.97. The highest BCUT2D eigenvalue weighted by molar-refractivity contribution is 6.23. The van der Waals surface area contributed by atoms with Crippen molar-refractivity contribution in [1.82, 2.24) is 0 Å². The van der Waals surface area contributed by atoms with Gasteiger partial charge in [-0.1, -0.05) is 170 Å². The van der Waals surface area contributed by atoms with Crippen molar-refractivity contribution in [2.75, 3.05) is 9.80 Å². The lowest BCUT2D eigenvalue weighted by atomic mass is 9.94. The molecule has 13 rings (SSSR count). The number of benzene rings is 11. The maximum atomic E-state index is 6.50. The molecule has 13 aromatic rings. The molecule has 0 saturated heterocycles. The Labute approximate surface area is 394 Å². The largest absolute Gasteiger partial charge is 0.455 e. The molecule has 4 nitrogen and oxygen atoms in total. The van der Waals surface area contributed by atoms with Gasteiger partial charge >= 0.3 is 0 Å². The fourth-order valence-corrected chi connectivity index (χ4v) is 10.4. The van der Waals surface area contributed by atoms with Gasteiger partial charge in [-0.2, -0.15) is 0 Å². The van der Waals surface area contributed by atoms with Crippen LogP contribution in [0.2, 0.25) is 0 Å². The molecule has 0 aliphatic heterocycles. The van der Waals surface area contributed by atoms with E-state index in [9.17, 15) is 0 Å². The molecule has 0 amide bonds. The van der Waals surface area contributed by atoms with Crippen LogP contribution < -0.4 is 9.80 Å². The SMILES string of the molecule is Cc1cccc(N(c2ccc(-c3cccc4c3oc3ccccc34)cc2)c2c3ccccc3c(N(c3ccc(-c4cccc5c4oc4ccccc45)cc3)c3cccc(C)c3)c3ccccc23)c1. The van der Waals surface area contributed by atoms with Crippen molar-refractivity contribution in [3.8, 4) is 22.3 Å². The fourth-order valence-electron chi connectivity index (χ4n) is 10.4. The lowest BCUT2D eigenvalue weighted by molar-refractivity contribution is 0.669. The fraction of sp³-hybridized carbons (Fsp3) is 0.0312. The number of fused-ring (bicyclic) bond motifs is 8. The Hall–Kier alpha value is -8.86. The van der Waals surface area contributed by atoms with Crippen molar-refractivity contribution in [1.29, 1.82) is 0 Å². The van der Waals surface area contributed by atoms with E-state index in [1.807, 2.05) is 24.3 Å². The molecular weight excluding hydrogens is 829 g/mol. The highest BCUT2D eigenvalue weighted by Gasteiger charge is 2.26. The van der Waals surface area contributed by atoms with Crippen LogP contribution in [-0.4, -0.2) is 0 Å². The highest BCUT2D eigenvalue weighted by atomic mass is 16.3. The molecule has 0 fully saturated rings. The summed E-state index contributed by atoms with van der Waals surface area (Å²) in [4.78, 5) is 4.88. The van der Waals surface area contributed by atoms with Gasteiger partial charge in [-0.25, -0.2) is 0 Å². The molecule has 0 radical (unpaired) electrons. The molecule has 11 aromatic carbocycles. The van der Waals surface area contributed by atoms with Crippen molar-refractivity contribution in [3.05, 3.63) is 242 Å². The third kappa shape index (κ3) is 6.45. The topological polar surface area (TPSA) is 32.8 Å². The van der Waals surface area contributed by atoms with Crippen LogP contribution in [0.3, 0.4) is 0 Å². The predicted octanol–water partition coefficient (Wildman–Crippen LogP) is 18.7. The van der Waals surface area contributed by atoms with E-state index in [2.05, 4.69) is 230 Å². The molecule has 2 aromatic heterocycles. The van der Waals surface area contributed by atoms with E-state index in [0.717, 1.165) is 122 Å². The first-order chi connectivity index (χ1) is 33.6. The Bertz CT molecular complexity index is 3740. The summed E-state index contributed by atoms with van der Waals surface area (Å²) < 4.78 is 13.0. The highest BCUT2D eigenvalue weighted by Crippen LogP contribution is 2.52. The van der Waals surface area contributed by atoms with Crippen LogP contribution in [-0.2, 0) is 0 Å². The summed E-state index contributed by atoms with van der Waals surface area (Å²) in [5.74, 6) is 0. The molecule has 0 spiro atoms. The number of aryl methyl sites for hydroxylation is 2. The molecule has 0 aliphatic carbocycles. The van der Waals surface area contributed by atoms with Crippen LogP contribution in [0.25, 0.3) is 87.7 Å². The predicted molar refractivity (Wildman–Crippen MR) is 286 cm³/mol. The monoisotopic (exact) mass is 872 g/mol. The van der Waals surface area contributed by atoms with Crippen molar-refractivity contribution < 1.29 is 8.83 Å². The maximum absolute atomic E-state index is 6.50.